The number of pyridine rings is 1. The second-order valence-electron chi connectivity index (χ2n) is 1.81. The highest BCUT2D eigenvalue weighted by molar-refractivity contribution is 6.31. The molecular weight excluding hydrogens is 160 g/mol. The second kappa shape index (κ2) is 3.05. The number of rotatable bonds is 0. The second-order valence-corrected chi connectivity index (χ2v) is 2.22. The molecule has 0 unspecified atom stereocenters. The van der Waals surface area contributed by atoms with Crippen molar-refractivity contribution < 1.29 is 0 Å². The van der Waals surface area contributed by atoms with Crippen LogP contribution in [-0.4, -0.2) is 4.98 Å². The monoisotopic (exact) mass is 162 g/mol. The van der Waals surface area contributed by atoms with E-state index in [1.54, 1.807) is 0 Å². The van der Waals surface area contributed by atoms with Gasteiger partial charge >= 0.3 is 0 Å². The highest BCUT2D eigenvalue weighted by Crippen LogP contribution is 2.12. The van der Waals surface area contributed by atoms with E-state index in [0.29, 0.717) is 10.6 Å². The largest absolute Gasteiger partial charge is 0.243 e. The molecule has 0 atom stereocenters. The Morgan fingerprint density at radius 2 is 2.36 bits per heavy atom. The van der Waals surface area contributed by atoms with E-state index in [9.17, 15) is 0 Å². The summed E-state index contributed by atoms with van der Waals surface area (Å²) in [5.41, 5.74) is 0.777. The summed E-state index contributed by atoms with van der Waals surface area (Å²) in [6, 6.07) is 3.37. The average molecular weight is 163 g/mol. The summed E-state index contributed by atoms with van der Waals surface area (Å²) in [5.74, 6) is 2.36. The van der Waals surface area contributed by atoms with Gasteiger partial charge in [0.25, 0.3) is 0 Å². The summed E-state index contributed by atoms with van der Waals surface area (Å²) in [4.78, 5) is 3.73. The van der Waals surface area contributed by atoms with E-state index in [4.69, 9.17) is 23.3 Å². The molecule has 0 aromatic carbocycles. The first-order valence-electron chi connectivity index (χ1n) is 2.80. The Hall–Kier alpha value is -1.51. The van der Waals surface area contributed by atoms with Crippen LogP contribution in [0.4, 0.5) is 0 Å². The van der Waals surface area contributed by atoms with Crippen LogP contribution in [0.15, 0.2) is 12.3 Å². The number of nitrogens with zero attached hydrogens (tertiary/aromatic N) is 2. The lowest BCUT2D eigenvalue weighted by Crippen LogP contribution is -1.85. The number of terminal acetylenes is 1. The molecule has 1 heterocycles. The first-order chi connectivity index (χ1) is 5.27. The molecule has 1 aromatic rings. The minimum Gasteiger partial charge on any atom is -0.243 e. The molecule has 1 rings (SSSR count). The summed E-state index contributed by atoms with van der Waals surface area (Å²) in [5, 5.41) is 8.73. The van der Waals surface area contributed by atoms with Gasteiger partial charge in [-0.1, -0.05) is 17.5 Å². The Balaban J connectivity index is 3.25. The molecular formula is C8H3ClN2. The van der Waals surface area contributed by atoms with Gasteiger partial charge in [-0.3, -0.25) is 0 Å². The SMILES string of the molecule is C#Cc1cnc(C#N)c(Cl)c1. The van der Waals surface area contributed by atoms with E-state index in [0.717, 1.165) is 0 Å². The molecule has 0 aliphatic carbocycles. The lowest BCUT2D eigenvalue weighted by Gasteiger charge is -1.92. The number of hydrogen-bond acceptors (Lipinski definition) is 2. The average Bonchev–Trinajstić information content (AvgIpc) is 2.04. The molecule has 0 spiro atoms. The Kier molecular flexibility index (Phi) is 2.11. The summed E-state index contributed by atoms with van der Waals surface area (Å²) >= 11 is 5.63. The van der Waals surface area contributed by atoms with Crippen LogP contribution in [0.3, 0.4) is 0 Å². The standard InChI is InChI=1S/C8H3ClN2/c1-2-6-3-7(9)8(4-10)11-5-6/h1,3,5H. The minimum atomic E-state index is 0.200. The van der Waals surface area contributed by atoms with Crippen LogP contribution in [0.1, 0.15) is 11.3 Å². The van der Waals surface area contributed by atoms with Crippen LogP contribution in [0, 0.1) is 23.7 Å². The van der Waals surface area contributed by atoms with E-state index < -0.39 is 0 Å². The van der Waals surface area contributed by atoms with Crippen molar-refractivity contribution >= 4 is 11.6 Å². The molecule has 1 aromatic heterocycles. The number of aromatic nitrogens is 1. The normalized spacial score (nSPS) is 8.27. The van der Waals surface area contributed by atoms with Gasteiger partial charge in [0.15, 0.2) is 5.69 Å². The zero-order valence-electron chi connectivity index (χ0n) is 5.50. The summed E-state index contributed by atoms with van der Waals surface area (Å²) < 4.78 is 0. The zero-order chi connectivity index (χ0) is 8.27. The Morgan fingerprint density at radius 1 is 1.64 bits per heavy atom. The maximum atomic E-state index is 8.43. The van der Waals surface area contributed by atoms with Gasteiger partial charge in [0.05, 0.1) is 5.02 Å². The van der Waals surface area contributed by atoms with Crippen molar-refractivity contribution in [1.29, 1.82) is 5.26 Å². The van der Waals surface area contributed by atoms with Gasteiger partial charge < -0.3 is 0 Å². The molecule has 0 fully saturated rings. The van der Waals surface area contributed by atoms with Crippen molar-refractivity contribution in [2.75, 3.05) is 0 Å². The fourth-order valence-corrected chi connectivity index (χ4v) is 0.808. The van der Waals surface area contributed by atoms with Crippen LogP contribution in [0.2, 0.25) is 5.02 Å². The predicted octanol–water partition coefficient (Wildman–Crippen LogP) is 1.59. The summed E-state index contributed by atoms with van der Waals surface area (Å²) in [7, 11) is 0. The van der Waals surface area contributed by atoms with Gasteiger partial charge in [-0.05, 0) is 6.07 Å². The number of nitriles is 1. The van der Waals surface area contributed by atoms with Crippen molar-refractivity contribution in [3.05, 3.63) is 28.5 Å². The van der Waals surface area contributed by atoms with Gasteiger partial charge in [-0.25, -0.2) is 4.98 Å². The van der Waals surface area contributed by atoms with Gasteiger partial charge in [0.2, 0.25) is 0 Å². The zero-order valence-corrected chi connectivity index (χ0v) is 6.26. The van der Waals surface area contributed by atoms with Crippen molar-refractivity contribution in [2.24, 2.45) is 0 Å². The fraction of sp³-hybridized carbons (Fsp3) is 0. The third kappa shape index (κ3) is 1.49. The van der Waals surface area contributed by atoms with E-state index in [1.165, 1.54) is 12.3 Å². The van der Waals surface area contributed by atoms with Crippen LogP contribution in [0.25, 0.3) is 0 Å². The summed E-state index contributed by atoms with van der Waals surface area (Å²) in [6.45, 7) is 0. The third-order valence-electron chi connectivity index (χ3n) is 1.11. The molecule has 2 nitrogen and oxygen atoms in total. The molecule has 0 radical (unpaired) electrons. The molecule has 11 heavy (non-hydrogen) atoms. The molecule has 3 heteroatoms. The molecule has 52 valence electrons. The molecule has 0 aliphatic heterocycles. The maximum Gasteiger partial charge on any atom is 0.159 e. The van der Waals surface area contributed by atoms with Crippen molar-refractivity contribution in [3.63, 3.8) is 0 Å². The lowest BCUT2D eigenvalue weighted by atomic mass is 10.3. The van der Waals surface area contributed by atoms with E-state index >= 15 is 0 Å². The van der Waals surface area contributed by atoms with Gasteiger partial charge in [-0.2, -0.15) is 5.26 Å². The minimum absolute atomic E-state index is 0.200. The highest BCUT2D eigenvalue weighted by atomic mass is 35.5. The molecule has 0 bridgehead atoms. The van der Waals surface area contributed by atoms with Crippen LogP contribution in [0.5, 0.6) is 0 Å². The lowest BCUT2D eigenvalue weighted by molar-refractivity contribution is 1.25. The predicted molar refractivity (Wildman–Crippen MR) is 41.9 cm³/mol. The smallest absolute Gasteiger partial charge is 0.159 e. The third-order valence-corrected chi connectivity index (χ3v) is 1.40. The maximum absolute atomic E-state index is 8.43. The van der Waals surface area contributed by atoms with Gasteiger partial charge in [-0.15, -0.1) is 6.42 Å². The fourth-order valence-electron chi connectivity index (χ4n) is 0.599. The number of hydrogen-bond donors (Lipinski definition) is 0. The van der Waals surface area contributed by atoms with E-state index in [1.807, 2.05) is 6.07 Å². The van der Waals surface area contributed by atoms with Crippen LogP contribution < -0.4 is 0 Å². The van der Waals surface area contributed by atoms with E-state index in [-0.39, 0.29) is 5.69 Å². The Bertz CT molecular complexity index is 357. The van der Waals surface area contributed by atoms with E-state index in [2.05, 4.69) is 10.9 Å². The van der Waals surface area contributed by atoms with Crippen LogP contribution >= 0.6 is 11.6 Å². The summed E-state index contributed by atoms with van der Waals surface area (Å²) in [6.07, 6.45) is 6.51. The van der Waals surface area contributed by atoms with Gasteiger partial charge in [0.1, 0.15) is 6.07 Å². The molecule has 0 aliphatic rings. The van der Waals surface area contributed by atoms with Crippen molar-refractivity contribution in [2.45, 2.75) is 0 Å². The van der Waals surface area contributed by atoms with Gasteiger partial charge in [0, 0.05) is 11.8 Å². The Morgan fingerprint density at radius 3 is 2.82 bits per heavy atom. The quantitative estimate of drug-likeness (QED) is 0.544. The Labute approximate surface area is 69.4 Å². The van der Waals surface area contributed by atoms with Crippen LogP contribution in [-0.2, 0) is 0 Å². The number of halogens is 1. The highest BCUT2D eigenvalue weighted by Gasteiger charge is 1.99. The first-order valence-corrected chi connectivity index (χ1v) is 3.18. The molecule has 0 N–H and O–H groups in total. The molecule has 0 saturated heterocycles. The topological polar surface area (TPSA) is 36.7 Å². The van der Waals surface area contributed by atoms with Crippen molar-refractivity contribution in [3.8, 4) is 18.4 Å². The molecule has 0 saturated carbocycles. The first kappa shape index (κ1) is 7.60. The van der Waals surface area contributed by atoms with Crippen molar-refractivity contribution in [1.82, 2.24) is 4.98 Å². The molecule has 0 amide bonds.